The number of esters is 5. The van der Waals surface area contributed by atoms with Gasteiger partial charge in [-0.05, 0) is 52.9 Å². The molecule has 0 aromatic rings. The van der Waals surface area contributed by atoms with Gasteiger partial charge in [0, 0.05) is 61.2 Å². The van der Waals surface area contributed by atoms with Crippen molar-refractivity contribution in [2.75, 3.05) is 0 Å². The zero-order valence-corrected chi connectivity index (χ0v) is 32.6. The van der Waals surface area contributed by atoms with Crippen molar-refractivity contribution >= 4 is 35.6 Å². The van der Waals surface area contributed by atoms with Crippen LogP contribution in [0.4, 0.5) is 0 Å². The van der Waals surface area contributed by atoms with E-state index in [0.29, 0.717) is 0 Å². The van der Waals surface area contributed by atoms with Crippen LogP contribution in [-0.2, 0) is 61.9 Å². The van der Waals surface area contributed by atoms with Crippen molar-refractivity contribution in [2.45, 2.75) is 143 Å². The largest absolute Gasteiger partial charge is 0.461 e. The van der Waals surface area contributed by atoms with Crippen molar-refractivity contribution in [1.82, 2.24) is 0 Å². The molecule has 8 fully saturated rings. The summed E-state index contributed by atoms with van der Waals surface area (Å²) in [4.78, 5) is 81.8. The van der Waals surface area contributed by atoms with E-state index in [0.717, 1.165) is 0 Å². The monoisotopic (exact) mass is 760 g/mol. The molecule has 5 aliphatic carbocycles. The first-order valence-electron chi connectivity index (χ1n) is 19.1. The van der Waals surface area contributed by atoms with Crippen molar-refractivity contribution in [3.8, 4) is 0 Å². The molecule has 1 spiro atoms. The first-order valence-corrected chi connectivity index (χ1v) is 19.1. The van der Waals surface area contributed by atoms with Crippen molar-refractivity contribution in [3.63, 3.8) is 0 Å². The Morgan fingerprint density at radius 2 is 1.37 bits per heavy atom. The Morgan fingerprint density at radius 1 is 0.796 bits per heavy atom. The molecule has 54 heavy (non-hydrogen) atoms. The van der Waals surface area contributed by atoms with Crippen LogP contribution < -0.4 is 0 Å². The van der Waals surface area contributed by atoms with Crippen LogP contribution in [0.2, 0.25) is 0 Å². The number of hydrogen-bond acceptors (Lipinski definition) is 15. The first-order chi connectivity index (χ1) is 24.8. The van der Waals surface area contributed by atoms with Gasteiger partial charge in [-0.3, -0.25) is 24.0 Å². The van der Waals surface area contributed by atoms with E-state index in [-0.39, 0.29) is 6.42 Å². The molecule has 20 atom stereocenters. The summed E-state index contributed by atoms with van der Waals surface area (Å²) in [7, 11) is 0. The van der Waals surface area contributed by atoms with Crippen molar-refractivity contribution in [1.29, 1.82) is 0 Å². The predicted octanol–water partition coefficient (Wildman–Crippen LogP) is 1.65. The van der Waals surface area contributed by atoms with Crippen LogP contribution in [0.5, 0.6) is 0 Å². The molecule has 3 saturated heterocycles. The maximum absolute atomic E-state index is 14.7. The van der Waals surface area contributed by atoms with Crippen molar-refractivity contribution in [3.05, 3.63) is 0 Å². The molecule has 0 aromatic carbocycles. The van der Waals surface area contributed by atoms with Gasteiger partial charge in [0.1, 0.15) is 42.7 Å². The fraction of sp³-hybridized carbons (Fsp3) is 0.846. The molecule has 15 heteroatoms. The van der Waals surface area contributed by atoms with E-state index >= 15 is 0 Å². The molecule has 15 nitrogen and oxygen atoms in total. The normalized spacial score (nSPS) is 54.5. The summed E-state index contributed by atoms with van der Waals surface area (Å²) in [6, 6.07) is 0. The lowest BCUT2D eigenvalue weighted by molar-refractivity contribution is -0.273. The Labute approximate surface area is 313 Å². The van der Waals surface area contributed by atoms with E-state index in [1.54, 1.807) is 34.6 Å². The number of ether oxygens (including phenoxy) is 7. The molecule has 3 aliphatic heterocycles. The summed E-state index contributed by atoms with van der Waals surface area (Å²) >= 11 is 0. The number of hydrogen-bond donors (Lipinski definition) is 2. The van der Waals surface area contributed by atoms with Gasteiger partial charge >= 0.3 is 29.8 Å². The minimum atomic E-state index is -2.17. The fourth-order valence-electron chi connectivity index (χ4n) is 13.3. The molecule has 8 rings (SSSR count). The van der Waals surface area contributed by atoms with Crippen molar-refractivity contribution in [2.24, 2.45) is 63.1 Å². The van der Waals surface area contributed by atoms with Gasteiger partial charge in [-0.2, -0.15) is 0 Å². The van der Waals surface area contributed by atoms with Gasteiger partial charge in [-0.25, -0.2) is 4.79 Å². The highest BCUT2D eigenvalue weighted by Crippen LogP contribution is 2.81. The van der Waals surface area contributed by atoms with Gasteiger partial charge < -0.3 is 43.4 Å². The lowest BCUT2D eigenvalue weighted by atomic mass is 9.41. The molecule has 5 saturated carbocycles. The van der Waals surface area contributed by atoms with Gasteiger partial charge in [0.25, 0.3) is 0 Å². The third kappa shape index (κ3) is 4.33. The molecular weight excluding hydrogens is 708 g/mol. The van der Waals surface area contributed by atoms with Crippen LogP contribution in [-0.4, -0.2) is 106 Å². The third-order valence-corrected chi connectivity index (χ3v) is 15.5. The number of Topliss-reactive ketones (excluding diaryl/α,β-unsaturated/α-hetero) is 1. The quantitative estimate of drug-likeness (QED) is 0.237. The van der Waals surface area contributed by atoms with Gasteiger partial charge in [-0.1, -0.05) is 20.8 Å². The second kappa shape index (κ2) is 11.0. The summed E-state index contributed by atoms with van der Waals surface area (Å²) in [6.45, 7) is 17.2. The topological polar surface area (TPSA) is 214 Å². The van der Waals surface area contributed by atoms with Gasteiger partial charge in [0.05, 0.1) is 16.9 Å². The molecule has 0 aromatic heterocycles. The summed E-state index contributed by atoms with van der Waals surface area (Å²) in [6.07, 6.45) is -8.09. The molecule has 3 heterocycles. The second-order valence-electron chi connectivity index (χ2n) is 19.2. The summed E-state index contributed by atoms with van der Waals surface area (Å²) in [5, 5.41) is 24.7. The maximum atomic E-state index is 14.7. The highest BCUT2D eigenvalue weighted by atomic mass is 16.8. The highest BCUT2D eigenvalue weighted by Gasteiger charge is 2.93. The molecule has 8 aliphatic rings. The number of ketones is 1. The average molecular weight is 761 g/mol. The number of rotatable bonds is 4. The predicted molar refractivity (Wildman–Crippen MR) is 179 cm³/mol. The Hall–Kier alpha value is -3.14. The van der Waals surface area contributed by atoms with E-state index in [9.17, 15) is 39.0 Å². The van der Waals surface area contributed by atoms with Crippen LogP contribution >= 0.6 is 0 Å². The number of aliphatic hydroxyl groups is 2. The standard InChI is InChI=1S/C39H52O15/c1-13-20-23(37(10)38(11,47)33(46)54-39(37)29(13)53-39)27(52-32(45)34(5,6)7)21-19-22(28(48-14(2)40)31(36(20,21)9)50-16(4)42)35(8)17(24(43)25(19)44)12-18-26(51-18)30(35)49-15(3)41/h13,17-23,25-31,44,47H,12H2,1-11H3/t13-,17+,18-,19-,20-,21+,22+,23-,25+,26-,27+,28-,29+,30-,31-,35-,36+,37-,38+,39-/m0/s1. The Morgan fingerprint density at radius 3 is 1.94 bits per heavy atom. The van der Waals surface area contributed by atoms with Gasteiger partial charge in [-0.15, -0.1) is 0 Å². The lowest BCUT2D eigenvalue weighted by Gasteiger charge is -2.65. The van der Waals surface area contributed by atoms with E-state index in [4.69, 9.17) is 33.2 Å². The molecular formula is C39H52O15. The average Bonchev–Trinajstić information content (AvgIpc) is 3.95. The molecule has 0 bridgehead atoms. The highest BCUT2D eigenvalue weighted by molar-refractivity contribution is 5.88. The zero-order chi connectivity index (χ0) is 39.8. The van der Waals surface area contributed by atoms with E-state index in [2.05, 4.69) is 0 Å². The number of aliphatic hydroxyl groups excluding tert-OH is 1. The van der Waals surface area contributed by atoms with Crippen LogP contribution in [0.15, 0.2) is 0 Å². The number of carbonyl (C=O) groups excluding carboxylic acids is 6. The van der Waals surface area contributed by atoms with E-state index < -0.39 is 159 Å². The lowest BCUT2D eigenvalue weighted by Crippen LogP contribution is -2.74. The van der Waals surface area contributed by atoms with Crippen molar-refractivity contribution < 1.29 is 72.1 Å². The SMILES string of the molecule is CC(=O)O[C@H]1[C@H]2[C@H]([C@@H]3[C@@H](OC(=O)C(C)(C)C)[C@@H]4[C@H]([C@H](C)[C@H]5O[C@]56OC(=O)[C@@](C)(O)[C@]46C)[C@@]3(C)[C@H]1OC(C)=O)[C@@H](O)C(=O)[C@H]1C[C@@H]3O[C@@H]3[C@H](OC(C)=O)[C@]21C. The minimum Gasteiger partial charge on any atom is -0.461 e. The zero-order valence-electron chi connectivity index (χ0n) is 32.6. The summed E-state index contributed by atoms with van der Waals surface area (Å²) in [5.41, 5.74) is -7.54. The van der Waals surface area contributed by atoms with E-state index in [1.165, 1.54) is 27.7 Å². The fourth-order valence-corrected chi connectivity index (χ4v) is 13.3. The Bertz CT molecular complexity index is 1750. The van der Waals surface area contributed by atoms with Crippen LogP contribution in [0.3, 0.4) is 0 Å². The molecule has 0 radical (unpaired) electrons. The van der Waals surface area contributed by atoms with Gasteiger partial charge in [0.15, 0.2) is 11.4 Å². The number of fused-ring (bicyclic) bond motifs is 9. The van der Waals surface area contributed by atoms with Crippen LogP contribution in [0, 0.1) is 63.1 Å². The smallest absolute Gasteiger partial charge is 0.341 e. The minimum absolute atomic E-state index is 0.206. The third-order valence-electron chi connectivity index (χ3n) is 15.5. The number of epoxide rings is 2. The molecule has 2 N–H and O–H groups in total. The maximum Gasteiger partial charge on any atom is 0.341 e. The summed E-state index contributed by atoms with van der Waals surface area (Å²) in [5.74, 6) is -12.0. The van der Waals surface area contributed by atoms with E-state index in [1.807, 2.05) is 13.8 Å². The Kier molecular flexibility index (Phi) is 7.72. The molecule has 298 valence electrons. The Balaban J connectivity index is 1.43. The van der Waals surface area contributed by atoms with Crippen LogP contribution in [0.25, 0.3) is 0 Å². The molecule has 0 amide bonds. The van der Waals surface area contributed by atoms with Crippen LogP contribution in [0.1, 0.15) is 82.6 Å². The second-order valence-corrected chi connectivity index (χ2v) is 19.2. The molecule has 0 unspecified atom stereocenters. The first kappa shape index (κ1) is 37.8. The number of carbonyl (C=O) groups is 6. The summed E-state index contributed by atoms with van der Waals surface area (Å²) < 4.78 is 43.4. The van der Waals surface area contributed by atoms with Gasteiger partial charge in [0.2, 0.25) is 5.79 Å².